The van der Waals surface area contributed by atoms with Gasteiger partial charge < -0.3 is 5.11 Å². The summed E-state index contributed by atoms with van der Waals surface area (Å²) in [6.45, 7) is 0.185. The lowest BCUT2D eigenvalue weighted by Gasteiger charge is -2.31. The average molecular weight is 235 g/mol. The summed E-state index contributed by atoms with van der Waals surface area (Å²) >= 11 is 6.02. The van der Waals surface area contributed by atoms with Gasteiger partial charge in [0.2, 0.25) is 0 Å². The number of allylic oxidation sites excluding steroid dienone is 4. The summed E-state index contributed by atoms with van der Waals surface area (Å²) in [4.78, 5) is 0. The molecule has 84 valence electrons. The zero-order chi connectivity index (χ0) is 11.4. The standard InChI is InChI=1S/C14H15ClO/c15-13-6-4-5-12(11-13)14(9-10-16)7-2-1-3-8-14/h1-7,11,16H,8-10H2. The van der Waals surface area contributed by atoms with Gasteiger partial charge in [0.25, 0.3) is 0 Å². The van der Waals surface area contributed by atoms with E-state index in [0.29, 0.717) is 0 Å². The van der Waals surface area contributed by atoms with Crippen LogP contribution in [0.4, 0.5) is 0 Å². The van der Waals surface area contributed by atoms with E-state index < -0.39 is 0 Å². The Balaban J connectivity index is 2.39. The second-order valence-electron chi connectivity index (χ2n) is 4.13. The van der Waals surface area contributed by atoms with E-state index in [1.54, 1.807) is 0 Å². The molecular formula is C14H15ClO. The zero-order valence-electron chi connectivity index (χ0n) is 9.07. The van der Waals surface area contributed by atoms with Crippen molar-refractivity contribution in [2.24, 2.45) is 0 Å². The molecule has 1 aromatic carbocycles. The average Bonchev–Trinajstić information content (AvgIpc) is 2.31. The maximum atomic E-state index is 9.22. The van der Waals surface area contributed by atoms with Gasteiger partial charge in [-0.15, -0.1) is 0 Å². The van der Waals surface area contributed by atoms with Gasteiger partial charge in [-0.2, -0.15) is 0 Å². The maximum absolute atomic E-state index is 9.22. The zero-order valence-corrected chi connectivity index (χ0v) is 9.82. The molecule has 1 aliphatic carbocycles. The predicted molar refractivity (Wildman–Crippen MR) is 67.7 cm³/mol. The topological polar surface area (TPSA) is 20.2 Å². The van der Waals surface area contributed by atoms with Crippen LogP contribution in [0.15, 0.2) is 48.6 Å². The summed E-state index contributed by atoms with van der Waals surface area (Å²) in [5.41, 5.74) is 1.09. The molecule has 0 spiro atoms. The van der Waals surface area contributed by atoms with Gasteiger partial charge in [0.05, 0.1) is 0 Å². The fraction of sp³-hybridized carbons (Fsp3) is 0.286. The molecule has 0 radical (unpaired) electrons. The highest BCUT2D eigenvalue weighted by Gasteiger charge is 2.28. The van der Waals surface area contributed by atoms with Crippen molar-refractivity contribution in [1.29, 1.82) is 0 Å². The molecule has 0 heterocycles. The highest BCUT2D eigenvalue weighted by atomic mass is 35.5. The van der Waals surface area contributed by atoms with E-state index in [-0.39, 0.29) is 12.0 Å². The van der Waals surface area contributed by atoms with Crippen LogP contribution in [0.2, 0.25) is 5.02 Å². The van der Waals surface area contributed by atoms with Crippen LogP contribution in [-0.2, 0) is 5.41 Å². The number of rotatable bonds is 3. The van der Waals surface area contributed by atoms with E-state index in [9.17, 15) is 5.11 Å². The molecule has 1 aromatic rings. The maximum Gasteiger partial charge on any atom is 0.0442 e. The summed E-state index contributed by atoms with van der Waals surface area (Å²) in [5, 5.41) is 9.97. The Morgan fingerprint density at radius 1 is 1.31 bits per heavy atom. The smallest absolute Gasteiger partial charge is 0.0442 e. The minimum atomic E-state index is -0.0889. The highest BCUT2D eigenvalue weighted by molar-refractivity contribution is 6.30. The van der Waals surface area contributed by atoms with Crippen molar-refractivity contribution in [2.45, 2.75) is 18.3 Å². The monoisotopic (exact) mass is 234 g/mol. The van der Waals surface area contributed by atoms with Gasteiger partial charge in [-0.25, -0.2) is 0 Å². The number of aliphatic hydroxyl groups excluding tert-OH is 1. The predicted octanol–water partition coefficient (Wildman–Crippen LogP) is 3.48. The number of hydrogen-bond donors (Lipinski definition) is 1. The Bertz CT molecular complexity index is 422. The van der Waals surface area contributed by atoms with Crippen molar-refractivity contribution in [1.82, 2.24) is 0 Å². The van der Waals surface area contributed by atoms with Gasteiger partial charge in [-0.05, 0) is 30.5 Å². The normalized spacial score (nSPS) is 23.6. The van der Waals surface area contributed by atoms with Crippen LogP contribution < -0.4 is 0 Å². The molecule has 0 aromatic heterocycles. The summed E-state index contributed by atoms with van der Waals surface area (Å²) < 4.78 is 0. The number of benzene rings is 1. The second-order valence-corrected chi connectivity index (χ2v) is 4.57. The molecular weight excluding hydrogens is 220 g/mol. The third-order valence-electron chi connectivity index (χ3n) is 3.10. The Morgan fingerprint density at radius 3 is 2.81 bits per heavy atom. The lowest BCUT2D eigenvalue weighted by atomic mass is 9.73. The van der Waals surface area contributed by atoms with Gasteiger partial charge in [0.15, 0.2) is 0 Å². The second kappa shape index (κ2) is 4.86. The van der Waals surface area contributed by atoms with Gasteiger partial charge in [-0.3, -0.25) is 0 Å². The third-order valence-corrected chi connectivity index (χ3v) is 3.34. The van der Waals surface area contributed by atoms with E-state index >= 15 is 0 Å². The first-order valence-electron chi connectivity index (χ1n) is 5.48. The molecule has 0 bridgehead atoms. The first kappa shape index (κ1) is 11.4. The summed E-state index contributed by atoms with van der Waals surface area (Å²) in [6.07, 6.45) is 10.0. The van der Waals surface area contributed by atoms with Crippen LogP contribution in [0.5, 0.6) is 0 Å². The van der Waals surface area contributed by atoms with Crippen LogP contribution in [0.3, 0.4) is 0 Å². The van der Waals surface area contributed by atoms with Crippen LogP contribution in [-0.4, -0.2) is 11.7 Å². The van der Waals surface area contributed by atoms with Crippen molar-refractivity contribution >= 4 is 11.6 Å². The molecule has 1 unspecified atom stereocenters. The minimum absolute atomic E-state index is 0.0889. The number of halogens is 1. The molecule has 0 saturated carbocycles. The first-order valence-corrected chi connectivity index (χ1v) is 5.86. The Labute approximate surface area is 101 Å². The minimum Gasteiger partial charge on any atom is -0.396 e. The molecule has 2 heteroatoms. The van der Waals surface area contributed by atoms with Crippen molar-refractivity contribution < 1.29 is 5.11 Å². The quantitative estimate of drug-likeness (QED) is 0.849. The van der Waals surface area contributed by atoms with Crippen molar-refractivity contribution in [3.8, 4) is 0 Å². The van der Waals surface area contributed by atoms with Gasteiger partial charge >= 0.3 is 0 Å². The molecule has 0 fully saturated rings. The molecule has 1 N–H and O–H groups in total. The lowest BCUT2D eigenvalue weighted by molar-refractivity contribution is 0.255. The van der Waals surface area contributed by atoms with E-state index in [1.807, 2.05) is 30.4 Å². The van der Waals surface area contributed by atoms with E-state index in [2.05, 4.69) is 18.2 Å². The van der Waals surface area contributed by atoms with Crippen molar-refractivity contribution in [3.05, 3.63) is 59.2 Å². The third kappa shape index (κ3) is 2.21. The molecule has 1 atom stereocenters. The Morgan fingerprint density at radius 2 is 2.19 bits per heavy atom. The number of hydrogen-bond acceptors (Lipinski definition) is 1. The fourth-order valence-corrected chi connectivity index (χ4v) is 2.40. The molecule has 0 aliphatic heterocycles. The molecule has 1 nitrogen and oxygen atoms in total. The van der Waals surface area contributed by atoms with E-state index in [1.165, 1.54) is 5.56 Å². The van der Waals surface area contributed by atoms with Crippen LogP contribution >= 0.6 is 11.6 Å². The van der Waals surface area contributed by atoms with Gasteiger partial charge in [-0.1, -0.05) is 48.0 Å². The van der Waals surface area contributed by atoms with Gasteiger partial charge in [0, 0.05) is 17.0 Å². The number of aliphatic hydroxyl groups is 1. The first-order chi connectivity index (χ1) is 7.77. The SMILES string of the molecule is OCCC1(c2cccc(Cl)c2)C=CC=CC1. The molecule has 1 aliphatic rings. The summed E-state index contributed by atoms with van der Waals surface area (Å²) in [6, 6.07) is 7.90. The molecule has 2 rings (SSSR count). The Hall–Kier alpha value is -1.05. The summed E-state index contributed by atoms with van der Waals surface area (Å²) in [5.74, 6) is 0. The molecule has 0 amide bonds. The van der Waals surface area contributed by atoms with Gasteiger partial charge in [0.1, 0.15) is 0 Å². The van der Waals surface area contributed by atoms with E-state index in [4.69, 9.17) is 11.6 Å². The van der Waals surface area contributed by atoms with Crippen LogP contribution in [0, 0.1) is 0 Å². The molecule has 0 saturated heterocycles. The highest BCUT2D eigenvalue weighted by Crippen LogP contribution is 2.36. The largest absolute Gasteiger partial charge is 0.396 e. The lowest BCUT2D eigenvalue weighted by Crippen LogP contribution is -2.25. The van der Waals surface area contributed by atoms with E-state index in [0.717, 1.165) is 17.9 Å². The van der Waals surface area contributed by atoms with Crippen molar-refractivity contribution in [2.75, 3.05) is 6.61 Å². The van der Waals surface area contributed by atoms with Crippen molar-refractivity contribution in [3.63, 3.8) is 0 Å². The fourth-order valence-electron chi connectivity index (χ4n) is 2.21. The van der Waals surface area contributed by atoms with Crippen LogP contribution in [0.1, 0.15) is 18.4 Å². The molecule has 16 heavy (non-hydrogen) atoms. The summed E-state index contributed by atoms with van der Waals surface area (Å²) in [7, 11) is 0. The van der Waals surface area contributed by atoms with Crippen LogP contribution in [0.25, 0.3) is 0 Å². The Kier molecular flexibility index (Phi) is 3.47.